The van der Waals surface area contributed by atoms with Gasteiger partial charge in [0.2, 0.25) is 5.91 Å². The van der Waals surface area contributed by atoms with E-state index < -0.39 is 0 Å². The van der Waals surface area contributed by atoms with Crippen LogP contribution < -0.4 is 11.1 Å². The van der Waals surface area contributed by atoms with Crippen molar-refractivity contribution in [2.24, 2.45) is 11.7 Å². The lowest BCUT2D eigenvalue weighted by molar-refractivity contribution is -0.120. The van der Waals surface area contributed by atoms with Crippen LogP contribution in [0.4, 0.5) is 5.69 Å². The molecule has 2 rings (SSSR count). The Labute approximate surface area is 134 Å². The van der Waals surface area contributed by atoms with Gasteiger partial charge in [0.1, 0.15) is 0 Å². The van der Waals surface area contributed by atoms with Crippen LogP contribution in [0.15, 0.2) is 18.2 Å². The van der Waals surface area contributed by atoms with E-state index in [-0.39, 0.29) is 30.3 Å². The van der Waals surface area contributed by atoms with Gasteiger partial charge in [-0.05, 0) is 72.5 Å². The fraction of sp³-hybridized carbons (Fsp3) is 0.500. The highest BCUT2D eigenvalue weighted by atomic mass is 127. The molecule has 1 aromatic rings. The number of amides is 1. The van der Waals surface area contributed by atoms with Crippen LogP contribution in [-0.2, 0) is 4.79 Å². The summed E-state index contributed by atoms with van der Waals surface area (Å²) < 4.78 is 1.18. The van der Waals surface area contributed by atoms with Crippen LogP contribution in [0.5, 0.6) is 0 Å². The molecule has 106 valence electrons. The number of nitrogens with two attached hydrogens (primary N) is 1. The number of benzene rings is 1. The van der Waals surface area contributed by atoms with Crippen molar-refractivity contribution in [1.29, 1.82) is 0 Å². The molecule has 0 radical (unpaired) electrons. The van der Waals surface area contributed by atoms with Crippen molar-refractivity contribution in [3.63, 3.8) is 0 Å². The van der Waals surface area contributed by atoms with Gasteiger partial charge in [-0.25, -0.2) is 0 Å². The molecule has 0 aromatic heterocycles. The maximum absolute atomic E-state index is 12.2. The quantitative estimate of drug-likeness (QED) is 0.755. The number of hydrogen-bond donors (Lipinski definition) is 2. The van der Waals surface area contributed by atoms with Crippen LogP contribution in [0, 0.1) is 16.4 Å². The Balaban J connectivity index is 0.00000180. The van der Waals surface area contributed by atoms with Crippen LogP contribution >= 0.6 is 35.0 Å². The van der Waals surface area contributed by atoms with Gasteiger partial charge in [-0.2, -0.15) is 0 Å². The number of carbonyl (C=O) groups excluding carboxylic acids is 1. The summed E-state index contributed by atoms with van der Waals surface area (Å²) in [7, 11) is 0. The number of halogens is 2. The molecule has 1 saturated carbocycles. The van der Waals surface area contributed by atoms with Crippen LogP contribution in [0.3, 0.4) is 0 Å². The van der Waals surface area contributed by atoms with Crippen molar-refractivity contribution >= 4 is 46.6 Å². The molecule has 0 heterocycles. The molecular weight excluding hydrogens is 375 g/mol. The fourth-order valence-corrected chi connectivity index (χ4v) is 3.11. The zero-order valence-corrected chi connectivity index (χ0v) is 14.0. The van der Waals surface area contributed by atoms with E-state index in [9.17, 15) is 4.79 Å². The molecule has 2 unspecified atom stereocenters. The lowest BCUT2D eigenvalue weighted by Crippen LogP contribution is -2.34. The lowest BCUT2D eigenvalue weighted by Gasteiger charge is -2.25. The van der Waals surface area contributed by atoms with E-state index in [0.717, 1.165) is 36.9 Å². The van der Waals surface area contributed by atoms with Crippen molar-refractivity contribution in [3.8, 4) is 0 Å². The first-order valence-corrected chi connectivity index (χ1v) is 7.46. The minimum atomic E-state index is 0. The van der Waals surface area contributed by atoms with Gasteiger partial charge in [-0.3, -0.25) is 4.79 Å². The molecule has 1 amide bonds. The van der Waals surface area contributed by atoms with E-state index in [1.54, 1.807) is 0 Å². The second kappa shape index (κ2) is 7.45. The number of nitrogens with one attached hydrogen (secondary N) is 1. The second-order valence-electron chi connectivity index (χ2n) is 5.07. The number of anilines is 1. The summed E-state index contributed by atoms with van der Waals surface area (Å²) in [6.45, 7) is 2.02. The van der Waals surface area contributed by atoms with Crippen LogP contribution in [0.1, 0.15) is 31.2 Å². The minimum absolute atomic E-state index is 0. The van der Waals surface area contributed by atoms with E-state index >= 15 is 0 Å². The Morgan fingerprint density at radius 1 is 1.42 bits per heavy atom. The van der Waals surface area contributed by atoms with Crippen LogP contribution in [0.2, 0.25) is 0 Å². The Bertz CT molecular complexity index is 453. The van der Waals surface area contributed by atoms with Crippen molar-refractivity contribution in [3.05, 3.63) is 27.3 Å². The molecule has 2 atom stereocenters. The average molecular weight is 395 g/mol. The summed E-state index contributed by atoms with van der Waals surface area (Å²) in [6.07, 6.45) is 3.88. The van der Waals surface area contributed by atoms with Crippen LogP contribution in [0.25, 0.3) is 0 Å². The molecule has 0 spiro atoms. The third-order valence-corrected chi connectivity index (χ3v) is 4.20. The maximum Gasteiger partial charge on any atom is 0.227 e. The summed E-state index contributed by atoms with van der Waals surface area (Å²) in [5.41, 5.74) is 7.95. The second-order valence-corrected chi connectivity index (χ2v) is 6.32. The predicted molar refractivity (Wildman–Crippen MR) is 89.7 cm³/mol. The van der Waals surface area contributed by atoms with Gasteiger partial charge in [0.25, 0.3) is 0 Å². The zero-order valence-electron chi connectivity index (χ0n) is 11.0. The highest BCUT2D eigenvalue weighted by molar-refractivity contribution is 14.1. The van der Waals surface area contributed by atoms with Crippen molar-refractivity contribution in [2.75, 3.05) is 5.32 Å². The summed E-state index contributed by atoms with van der Waals surface area (Å²) in [5, 5.41) is 3.03. The van der Waals surface area contributed by atoms with Crippen LogP contribution in [-0.4, -0.2) is 11.9 Å². The molecule has 0 bridgehead atoms. The molecule has 1 fully saturated rings. The molecule has 0 saturated heterocycles. The molecule has 3 N–H and O–H groups in total. The Kier molecular flexibility index (Phi) is 6.56. The number of carbonyl (C=O) groups is 1. The van der Waals surface area contributed by atoms with Crippen molar-refractivity contribution in [1.82, 2.24) is 0 Å². The van der Waals surface area contributed by atoms with Gasteiger partial charge >= 0.3 is 0 Å². The molecule has 19 heavy (non-hydrogen) atoms. The minimum Gasteiger partial charge on any atom is -0.328 e. The Hall–Kier alpha value is -0.330. The monoisotopic (exact) mass is 394 g/mol. The predicted octanol–water partition coefficient (Wildman–Crippen LogP) is 3.48. The number of rotatable bonds is 2. The first-order valence-electron chi connectivity index (χ1n) is 6.39. The summed E-state index contributed by atoms with van der Waals surface area (Å²) >= 11 is 2.27. The molecule has 1 aliphatic carbocycles. The van der Waals surface area contributed by atoms with E-state index in [1.807, 2.05) is 19.1 Å². The smallest absolute Gasteiger partial charge is 0.227 e. The van der Waals surface area contributed by atoms with Gasteiger partial charge in [0, 0.05) is 21.2 Å². The molecule has 1 aliphatic rings. The van der Waals surface area contributed by atoms with E-state index in [4.69, 9.17) is 5.73 Å². The highest BCUT2D eigenvalue weighted by Gasteiger charge is 2.25. The summed E-state index contributed by atoms with van der Waals surface area (Å²) in [6, 6.07) is 6.24. The van der Waals surface area contributed by atoms with E-state index in [0.29, 0.717) is 0 Å². The zero-order chi connectivity index (χ0) is 13.1. The summed E-state index contributed by atoms with van der Waals surface area (Å²) in [5.74, 6) is 0.196. The van der Waals surface area contributed by atoms with Crippen molar-refractivity contribution in [2.45, 2.75) is 38.6 Å². The van der Waals surface area contributed by atoms with Gasteiger partial charge in [-0.15, -0.1) is 12.4 Å². The third-order valence-electron chi connectivity index (χ3n) is 3.53. The maximum atomic E-state index is 12.2. The lowest BCUT2D eigenvalue weighted by atomic mass is 9.85. The molecule has 5 heteroatoms. The number of hydrogen-bond acceptors (Lipinski definition) is 2. The topological polar surface area (TPSA) is 55.1 Å². The Morgan fingerprint density at radius 2 is 2.16 bits per heavy atom. The molecule has 1 aromatic carbocycles. The van der Waals surface area contributed by atoms with E-state index in [1.165, 1.54) is 3.57 Å². The normalized spacial score (nSPS) is 22.5. The Morgan fingerprint density at radius 3 is 2.79 bits per heavy atom. The fourth-order valence-electron chi connectivity index (χ4n) is 2.47. The molecule has 0 aliphatic heterocycles. The third kappa shape index (κ3) is 4.61. The highest BCUT2D eigenvalue weighted by Crippen LogP contribution is 2.25. The first-order chi connectivity index (χ1) is 8.56. The SMILES string of the molecule is Cc1cc(I)ccc1NC(=O)C1CCCC(N)C1.Cl. The summed E-state index contributed by atoms with van der Waals surface area (Å²) in [4.78, 5) is 12.2. The van der Waals surface area contributed by atoms with Crippen molar-refractivity contribution < 1.29 is 4.79 Å². The largest absolute Gasteiger partial charge is 0.328 e. The standard InChI is InChI=1S/C14H19IN2O.ClH/c1-9-7-11(15)5-6-13(9)17-14(18)10-3-2-4-12(16)8-10;/h5-7,10,12H,2-4,8,16H2,1H3,(H,17,18);1H. The van der Waals surface area contributed by atoms with Gasteiger partial charge in [-0.1, -0.05) is 6.42 Å². The van der Waals surface area contributed by atoms with Gasteiger partial charge in [0.15, 0.2) is 0 Å². The number of aryl methyl sites for hydroxylation is 1. The molecule has 3 nitrogen and oxygen atoms in total. The first kappa shape index (κ1) is 16.7. The van der Waals surface area contributed by atoms with E-state index in [2.05, 4.69) is 34.0 Å². The van der Waals surface area contributed by atoms with Gasteiger partial charge < -0.3 is 11.1 Å². The van der Waals surface area contributed by atoms with Gasteiger partial charge in [0.05, 0.1) is 0 Å². The average Bonchev–Trinajstić information content (AvgIpc) is 2.32. The molecular formula is C14H20ClIN2O.